The fourth-order valence-electron chi connectivity index (χ4n) is 1.34. The van der Waals surface area contributed by atoms with Crippen LogP contribution in [0.25, 0.3) is 0 Å². The third-order valence-electron chi connectivity index (χ3n) is 1.79. The highest BCUT2D eigenvalue weighted by atomic mass is 16.5. The van der Waals surface area contributed by atoms with E-state index >= 15 is 0 Å². The molecule has 0 saturated heterocycles. The molecule has 0 aliphatic rings. The zero-order valence-electron chi connectivity index (χ0n) is 10.3. The average molecular weight is 218 g/mol. The standard InChI is InChI=1S/C14H18O2/c1-6-12-7-13(15-10(2)3)9-14(8-12)16-11(4)5/h1,7-11H,2-5H3. The van der Waals surface area contributed by atoms with Gasteiger partial charge in [0.1, 0.15) is 11.5 Å². The number of terminal acetylenes is 1. The van der Waals surface area contributed by atoms with Gasteiger partial charge in [0.2, 0.25) is 0 Å². The SMILES string of the molecule is C#Cc1cc(OC(C)C)cc(OC(C)C)c1. The summed E-state index contributed by atoms with van der Waals surface area (Å²) in [6, 6.07) is 5.54. The van der Waals surface area contributed by atoms with Gasteiger partial charge in [-0.2, -0.15) is 0 Å². The van der Waals surface area contributed by atoms with Gasteiger partial charge in [-0.25, -0.2) is 0 Å². The molecule has 0 atom stereocenters. The summed E-state index contributed by atoms with van der Waals surface area (Å²) in [5, 5.41) is 0. The third-order valence-corrected chi connectivity index (χ3v) is 1.79. The summed E-state index contributed by atoms with van der Waals surface area (Å²) >= 11 is 0. The van der Waals surface area contributed by atoms with Crippen LogP contribution in [0.1, 0.15) is 33.3 Å². The third kappa shape index (κ3) is 3.86. The van der Waals surface area contributed by atoms with Gasteiger partial charge < -0.3 is 9.47 Å². The van der Waals surface area contributed by atoms with Crippen molar-refractivity contribution < 1.29 is 9.47 Å². The molecular weight excluding hydrogens is 200 g/mol. The first kappa shape index (κ1) is 12.4. The molecule has 0 bridgehead atoms. The fourth-order valence-corrected chi connectivity index (χ4v) is 1.34. The molecule has 0 amide bonds. The minimum absolute atomic E-state index is 0.125. The van der Waals surface area contributed by atoms with E-state index < -0.39 is 0 Å². The van der Waals surface area contributed by atoms with Crippen molar-refractivity contribution in [1.82, 2.24) is 0 Å². The summed E-state index contributed by atoms with van der Waals surface area (Å²) < 4.78 is 11.2. The Kier molecular flexibility index (Phi) is 4.25. The molecule has 0 heterocycles. The summed E-state index contributed by atoms with van der Waals surface area (Å²) in [5.41, 5.74) is 0.772. The van der Waals surface area contributed by atoms with E-state index in [2.05, 4.69) is 5.92 Å². The Morgan fingerprint density at radius 2 is 1.38 bits per heavy atom. The molecule has 16 heavy (non-hydrogen) atoms. The van der Waals surface area contributed by atoms with Crippen LogP contribution < -0.4 is 9.47 Å². The van der Waals surface area contributed by atoms with Gasteiger partial charge in [-0.3, -0.25) is 0 Å². The predicted molar refractivity (Wildman–Crippen MR) is 65.9 cm³/mol. The average Bonchev–Trinajstić information content (AvgIpc) is 2.14. The zero-order valence-corrected chi connectivity index (χ0v) is 10.3. The van der Waals surface area contributed by atoms with Gasteiger partial charge in [0.15, 0.2) is 0 Å². The van der Waals surface area contributed by atoms with Crippen molar-refractivity contribution in [3.63, 3.8) is 0 Å². The molecule has 2 heteroatoms. The molecule has 0 aromatic heterocycles. The number of benzene rings is 1. The van der Waals surface area contributed by atoms with Gasteiger partial charge in [-0.15, -0.1) is 6.42 Å². The summed E-state index contributed by atoms with van der Waals surface area (Å²) in [5.74, 6) is 4.10. The highest BCUT2D eigenvalue weighted by molar-refractivity contribution is 5.45. The van der Waals surface area contributed by atoms with Crippen LogP contribution in [0, 0.1) is 12.3 Å². The van der Waals surface area contributed by atoms with Crippen molar-refractivity contribution in [1.29, 1.82) is 0 Å². The molecule has 86 valence electrons. The van der Waals surface area contributed by atoms with E-state index in [-0.39, 0.29) is 12.2 Å². The van der Waals surface area contributed by atoms with Crippen LogP contribution in [0.5, 0.6) is 11.5 Å². The first-order chi connectivity index (χ1) is 7.51. The second-order valence-corrected chi connectivity index (χ2v) is 4.17. The van der Waals surface area contributed by atoms with Crippen molar-refractivity contribution in [3.8, 4) is 23.8 Å². The normalized spacial score (nSPS) is 10.3. The number of ether oxygens (including phenoxy) is 2. The lowest BCUT2D eigenvalue weighted by Crippen LogP contribution is -2.08. The number of hydrogen-bond donors (Lipinski definition) is 0. The van der Waals surface area contributed by atoms with Gasteiger partial charge in [0, 0.05) is 11.6 Å². The first-order valence-electron chi connectivity index (χ1n) is 5.46. The Bertz CT molecular complexity index is 358. The van der Waals surface area contributed by atoms with E-state index in [1.165, 1.54) is 0 Å². The zero-order chi connectivity index (χ0) is 12.1. The molecule has 1 rings (SSSR count). The Morgan fingerprint density at radius 1 is 0.938 bits per heavy atom. The molecule has 0 spiro atoms. The first-order valence-corrected chi connectivity index (χ1v) is 5.46. The van der Waals surface area contributed by atoms with Gasteiger partial charge in [0.25, 0.3) is 0 Å². The van der Waals surface area contributed by atoms with E-state index in [0.717, 1.165) is 17.1 Å². The van der Waals surface area contributed by atoms with E-state index in [1.807, 2.05) is 45.9 Å². The lowest BCUT2D eigenvalue weighted by Gasteiger charge is -2.14. The van der Waals surface area contributed by atoms with Crippen LogP contribution in [0.3, 0.4) is 0 Å². The molecule has 2 nitrogen and oxygen atoms in total. The second kappa shape index (κ2) is 5.46. The molecule has 1 aromatic carbocycles. The van der Waals surface area contributed by atoms with Gasteiger partial charge in [-0.05, 0) is 39.8 Å². The molecule has 0 aliphatic heterocycles. The Hall–Kier alpha value is -1.62. The van der Waals surface area contributed by atoms with Crippen LogP contribution in [-0.4, -0.2) is 12.2 Å². The molecule has 1 aromatic rings. The van der Waals surface area contributed by atoms with Crippen LogP contribution in [0.15, 0.2) is 18.2 Å². The van der Waals surface area contributed by atoms with Crippen molar-refractivity contribution in [3.05, 3.63) is 23.8 Å². The number of rotatable bonds is 4. The van der Waals surface area contributed by atoms with Crippen LogP contribution >= 0.6 is 0 Å². The van der Waals surface area contributed by atoms with E-state index in [9.17, 15) is 0 Å². The molecule has 0 unspecified atom stereocenters. The largest absolute Gasteiger partial charge is 0.491 e. The Morgan fingerprint density at radius 3 is 1.69 bits per heavy atom. The van der Waals surface area contributed by atoms with Gasteiger partial charge >= 0.3 is 0 Å². The topological polar surface area (TPSA) is 18.5 Å². The van der Waals surface area contributed by atoms with Crippen LogP contribution in [0.2, 0.25) is 0 Å². The quantitative estimate of drug-likeness (QED) is 0.722. The summed E-state index contributed by atoms with van der Waals surface area (Å²) in [6.45, 7) is 7.91. The van der Waals surface area contributed by atoms with Crippen molar-refractivity contribution in [2.45, 2.75) is 39.9 Å². The van der Waals surface area contributed by atoms with E-state index in [4.69, 9.17) is 15.9 Å². The predicted octanol–water partition coefficient (Wildman–Crippen LogP) is 3.24. The summed E-state index contributed by atoms with van der Waals surface area (Å²) in [6.07, 6.45) is 5.64. The second-order valence-electron chi connectivity index (χ2n) is 4.17. The minimum atomic E-state index is 0.125. The van der Waals surface area contributed by atoms with Gasteiger partial charge in [-0.1, -0.05) is 5.92 Å². The van der Waals surface area contributed by atoms with Crippen molar-refractivity contribution in [2.75, 3.05) is 0 Å². The molecule has 0 aliphatic carbocycles. The summed E-state index contributed by atoms with van der Waals surface area (Å²) in [7, 11) is 0. The smallest absolute Gasteiger partial charge is 0.124 e. The van der Waals surface area contributed by atoms with Crippen molar-refractivity contribution >= 4 is 0 Å². The highest BCUT2D eigenvalue weighted by Gasteiger charge is 2.05. The van der Waals surface area contributed by atoms with Crippen LogP contribution in [-0.2, 0) is 0 Å². The highest BCUT2D eigenvalue weighted by Crippen LogP contribution is 2.24. The maximum Gasteiger partial charge on any atom is 0.124 e. The molecule has 0 radical (unpaired) electrons. The molecule has 0 saturated carbocycles. The summed E-state index contributed by atoms with van der Waals surface area (Å²) in [4.78, 5) is 0. The molecular formula is C14H18O2. The lowest BCUT2D eigenvalue weighted by molar-refractivity contribution is 0.229. The maximum absolute atomic E-state index is 5.60. The van der Waals surface area contributed by atoms with Gasteiger partial charge in [0.05, 0.1) is 12.2 Å². The van der Waals surface area contributed by atoms with E-state index in [1.54, 1.807) is 0 Å². The monoisotopic (exact) mass is 218 g/mol. The maximum atomic E-state index is 5.60. The minimum Gasteiger partial charge on any atom is -0.491 e. The lowest BCUT2D eigenvalue weighted by atomic mass is 10.2. The Balaban J connectivity index is 2.97. The molecule has 0 N–H and O–H groups in total. The van der Waals surface area contributed by atoms with E-state index in [0.29, 0.717) is 0 Å². The fraction of sp³-hybridized carbons (Fsp3) is 0.429. The van der Waals surface area contributed by atoms with Crippen molar-refractivity contribution in [2.24, 2.45) is 0 Å². The number of hydrogen-bond acceptors (Lipinski definition) is 2. The molecule has 0 fully saturated rings. The Labute approximate surface area is 97.6 Å². The van der Waals surface area contributed by atoms with Crippen LogP contribution in [0.4, 0.5) is 0 Å².